The van der Waals surface area contributed by atoms with Crippen molar-refractivity contribution >= 4 is 16.8 Å². The van der Waals surface area contributed by atoms with E-state index in [-0.39, 0.29) is 17.9 Å². The third kappa shape index (κ3) is 2.44. The summed E-state index contributed by atoms with van der Waals surface area (Å²) in [6.45, 7) is 6.17. The summed E-state index contributed by atoms with van der Waals surface area (Å²) in [6, 6.07) is 1.83. The van der Waals surface area contributed by atoms with Gasteiger partial charge in [0.25, 0.3) is 5.56 Å². The van der Waals surface area contributed by atoms with Crippen LogP contribution in [0.15, 0.2) is 29.9 Å². The zero-order valence-electron chi connectivity index (χ0n) is 13.1. The lowest BCUT2D eigenvalue weighted by Gasteiger charge is -2.18. The van der Waals surface area contributed by atoms with E-state index >= 15 is 0 Å². The van der Waals surface area contributed by atoms with Crippen LogP contribution in [0.4, 0.5) is 0 Å². The normalized spacial score (nSPS) is 16.1. The van der Waals surface area contributed by atoms with Crippen molar-refractivity contribution in [2.45, 2.75) is 38.6 Å². The molecule has 1 aliphatic carbocycles. The van der Waals surface area contributed by atoms with Gasteiger partial charge < -0.3 is 4.74 Å². The summed E-state index contributed by atoms with van der Waals surface area (Å²) >= 11 is 0. The van der Waals surface area contributed by atoms with Gasteiger partial charge in [0, 0.05) is 17.6 Å². The van der Waals surface area contributed by atoms with Crippen LogP contribution in [0.25, 0.3) is 16.8 Å². The van der Waals surface area contributed by atoms with Crippen molar-refractivity contribution in [2.75, 3.05) is 6.61 Å². The van der Waals surface area contributed by atoms with Crippen LogP contribution in [0, 0.1) is 0 Å². The molecule has 0 saturated heterocycles. The molecule has 5 nitrogen and oxygen atoms in total. The van der Waals surface area contributed by atoms with Crippen molar-refractivity contribution < 1.29 is 6.11 Å². The molecular weight excluding hydrogens is 266 g/mol. The Bertz CT molecular complexity index is 779. The second-order valence-electron chi connectivity index (χ2n) is 5.28. The summed E-state index contributed by atoms with van der Waals surface area (Å²) in [4.78, 5) is 21.0. The maximum atomic E-state index is 12.9. The standard InChI is InChI=1S/C16H19N3O2/c1-3-21-11(2)14-8-12-9-17-10-18-15(12)19(16(14)20)13-6-4-5-7-13/h8-10,13H,2-7H2,1H3/i10D. The van der Waals surface area contributed by atoms with E-state index in [1.54, 1.807) is 16.8 Å². The fraction of sp³-hybridized carbons (Fsp3) is 0.438. The molecule has 0 spiro atoms. The van der Waals surface area contributed by atoms with E-state index in [1.807, 2.05) is 6.92 Å². The van der Waals surface area contributed by atoms with Crippen molar-refractivity contribution in [1.82, 2.24) is 14.5 Å². The minimum atomic E-state index is -0.143. The third-order valence-corrected chi connectivity index (χ3v) is 3.96. The predicted molar refractivity (Wildman–Crippen MR) is 82.0 cm³/mol. The minimum absolute atomic E-state index is 0.0740. The monoisotopic (exact) mass is 286 g/mol. The van der Waals surface area contributed by atoms with Crippen LogP contribution >= 0.6 is 0 Å². The van der Waals surface area contributed by atoms with Crippen molar-refractivity contribution in [3.05, 3.63) is 41.1 Å². The molecule has 0 atom stereocenters. The van der Waals surface area contributed by atoms with Gasteiger partial charge in [0.2, 0.25) is 0 Å². The number of hydrogen-bond donors (Lipinski definition) is 0. The number of aromatic nitrogens is 3. The highest BCUT2D eigenvalue weighted by atomic mass is 16.5. The molecule has 2 heterocycles. The fourth-order valence-electron chi connectivity index (χ4n) is 2.99. The summed E-state index contributed by atoms with van der Waals surface area (Å²) < 4.78 is 14.8. The van der Waals surface area contributed by atoms with E-state index in [0.717, 1.165) is 31.1 Å². The summed E-state index contributed by atoms with van der Waals surface area (Å²) in [5.74, 6) is 0.371. The van der Waals surface area contributed by atoms with Crippen molar-refractivity contribution in [1.29, 1.82) is 0 Å². The number of nitrogens with zero attached hydrogens (tertiary/aromatic N) is 3. The Morgan fingerprint density at radius 1 is 1.57 bits per heavy atom. The molecule has 3 rings (SSSR count). The molecule has 1 saturated carbocycles. The summed E-state index contributed by atoms with van der Waals surface area (Å²) in [7, 11) is 0. The fourth-order valence-corrected chi connectivity index (χ4v) is 2.99. The average Bonchev–Trinajstić information content (AvgIpc) is 3.00. The topological polar surface area (TPSA) is 57.0 Å². The highest BCUT2D eigenvalue weighted by Gasteiger charge is 2.23. The van der Waals surface area contributed by atoms with Crippen LogP contribution in [0.5, 0.6) is 0 Å². The molecule has 0 amide bonds. The number of fused-ring (bicyclic) bond motifs is 1. The number of pyridine rings is 1. The molecule has 0 aliphatic heterocycles. The second kappa shape index (κ2) is 5.68. The van der Waals surface area contributed by atoms with E-state index in [9.17, 15) is 4.79 Å². The number of hydrogen-bond acceptors (Lipinski definition) is 4. The van der Waals surface area contributed by atoms with Gasteiger partial charge in [0.15, 0.2) is 0 Å². The Morgan fingerprint density at radius 2 is 2.33 bits per heavy atom. The van der Waals surface area contributed by atoms with Crippen molar-refractivity contribution in [3.8, 4) is 0 Å². The molecule has 5 heteroatoms. The number of rotatable bonds is 4. The Labute approximate surface area is 124 Å². The van der Waals surface area contributed by atoms with E-state index < -0.39 is 0 Å². The summed E-state index contributed by atoms with van der Waals surface area (Å²) in [5, 5.41) is 0.735. The molecule has 1 fully saturated rings. The molecule has 110 valence electrons. The lowest BCUT2D eigenvalue weighted by molar-refractivity contribution is 0.298. The van der Waals surface area contributed by atoms with Crippen molar-refractivity contribution in [2.24, 2.45) is 0 Å². The molecule has 2 aromatic rings. The van der Waals surface area contributed by atoms with Gasteiger partial charge in [-0.05, 0) is 25.8 Å². The zero-order valence-corrected chi connectivity index (χ0v) is 12.1. The maximum Gasteiger partial charge on any atom is 0.263 e. The Hall–Kier alpha value is -2.17. The van der Waals surface area contributed by atoms with E-state index in [1.165, 1.54) is 0 Å². The quantitative estimate of drug-likeness (QED) is 0.811. The predicted octanol–water partition coefficient (Wildman–Crippen LogP) is 2.91. The average molecular weight is 286 g/mol. The first kappa shape index (κ1) is 12.6. The van der Waals surface area contributed by atoms with Crippen LogP contribution in [0.3, 0.4) is 0 Å². The molecule has 2 aromatic heterocycles. The van der Waals surface area contributed by atoms with Crippen LogP contribution in [0.1, 0.15) is 45.6 Å². The lowest BCUT2D eigenvalue weighted by Crippen LogP contribution is -2.27. The first-order valence-electron chi connectivity index (χ1n) is 7.82. The SMILES string of the molecule is [2H]c1ncc2cc(C(=C)OCC)c(=O)n(C3CCCC3)c2n1. The van der Waals surface area contributed by atoms with Crippen LogP contribution in [-0.2, 0) is 4.74 Å². The third-order valence-electron chi connectivity index (χ3n) is 3.96. The van der Waals surface area contributed by atoms with Gasteiger partial charge in [-0.3, -0.25) is 9.36 Å². The maximum absolute atomic E-state index is 12.9. The van der Waals surface area contributed by atoms with E-state index in [2.05, 4.69) is 16.5 Å². The molecule has 0 radical (unpaired) electrons. The van der Waals surface area contributed by atoms with Gasteiger partial charge >= 0.3 is 0 Å². The Balaban J connectivity index is 2.27. The van der Waals surface area contributed by atoms with Gasteiger partial charge in [0.05, 0.1) is 12.2 Å². The summed E-state index contributed by atoms with van der Waals surface area (Å²) in [6.07, 6.45) is 5.63. The van der Waals surface area contributed by atoms with Crippen molar-refractivity contribution in [3.63, 3.8) is 0 Å². The largest absolute Gasteiger partial charge is 0.494 e. The smallest absolute Gasteiger partial charge is 0.263 e. The molecule has 0 N–H and O–H groups in total. The minimum Gasteiger partial charge on any atom is -0.494 e. The molecule has 0 unspecified atom stereocenters. The second-order valence-corrected chi connectivity index (χ2v) is 5.28. The van der Waals surface area contributed by atoms with Crippen LogP contribution < -0.4 is 5.56 Å². The van der Waals surface area contributed by atoms with E-state index in [0.29, 0.717) is 23.6 Å². The van der Waals surface area contributed by atoms with Gasteiger partial charge in [-0.15, -0.1) is 0 Å². The molecule has 0 aromatic carbocycles. The van der Waals surface area contributed by atoms with Gasteiger partial charge in [-0.25, -0.2) is 9.97 Å². The van der Waals surface area contributed by atoms with Gasteiger partial charge in [0.1, 0.15) is 19.1 Å². The van der Waals surface area contributed by atoms with E-state index in [4.69, 9.17) is 6.11 Å². The zero-order chi connectivity index (χ0) is 15.7. The molecule has 0 bridgehead atoms. The highest BCUT2D eigenvalue weighted by molar-refractivity contribution is 5.78. The first-order chi connectivity index (χ1) is 10.6. The molecular formula is C16H19N3O2. The first-order valence-corrected chi connectivity index (χ1v) is 7.32. The Morgan fingerprint density at radius 3 is 3.05 bits per heavy atom. The van der Waals surface area contributed by atoms with Crippen LogP contribution in [-0.4, -0.2) is 21.1 Å². The lowest BCUT2D eigenvalue weighted by atomic mass is 10.1. The van der Waals surface area contributed by atoms with Gasteiger partial charge in [-0.2, -0.15) is 0 Å². The van der Waals surface area contributed by atoms with Crippen LogP contribution in [0.2, 0.25) is 0 Å². The Kier molecular flexibility index (Phi) is 3.39. The molecule has 1 aliphatic rings. The molecule has 21 heavy (non-hydrogen) atoms. The van der Waals surface area contributed by atoms with Gasteiger partial charge in [-0.1, -0.05) is 19.4 Å². The number of ether oxygens (including phenoxy) is 1. The summed E-state index contributed by atoms with van der Waals surface area (Å²) in [5.41, 5.74) is 0.837. The highest BCUT2D eigenvalue weighted by Crippen LogP contribution is 2.30.